The molecule has 4 heteroatoms. The van der Waals surface area contributed by atoms with Crippen molar-refractivity contribution in [1.29, 1.82) is 0 Å². The van der Waals surface area contributed by atoms with E-state index < -0.39 is 0 Å². The molecular weight excluding hydrogens is 236 g/mol. The minimum absolute atomic E-state index is 0.574. The SMILES string of the molecule is CCn1ccnc1Cn1ccc2ccc(CN)cc21. The summed E-state index contributed by atoms with van der Waals surface area (Å²) in [4.78, 5) is 4.43. The van der Waals surface area contributed by atoms with Gasteiger partial charge in [0.05, 0.1) is 6.54 Å². The summed E-state index contributed by atoms with van der Waals surface area (Å²) in [5, 5.41) is 1.24. The van der Waals surface area contributed by atoms with Gasteiger partial charge < -0.3 is 14.9 Å². The maximum atomic E-state index is 5.72. The Bertz CT molecular complexity index is 693. The number of aromatic nitrogens is 3. The zero-order valence-corrected chi connectivity index (χ0v) is 11.1. The number of hydrogen-bond donors (Lipinski definition) is 1. The molecule has 0 unspecified atom stereocenters. The Morgan fingerprint density at radius 3 is 2.84 bits per heavy atom. The summed E-state index contributed by atoms with van der Waals surface area (Å²) in [7, 11) is 0. The molecule has 0 radical (unpaired) electrons. The van der Waals surface area contributed by atoms with Gasteiger partial charge in [0.15, 0.2) is 0 Å². The fourth-order valence-corrected chi connectivity index (χ4v) is 2.43. The Hall–Kier alpha value is -2.07. The molecule has 0 aliphatic carbocycles. The van der Waals surface area contributed by atoms with Crippen molar-refractivity contribution in [2.75, 3.05) is 0 Å². The lowest BCUT2D eigenvalue weighted by Crippen LogP contribution is -2.07. The van der Waals surface area contributed by atoms with E-state index in [1.165, 1.54) is 10.9 Å². The molecule has 0 atom stereocenters. The predicted molar refractivity (Wildman–Crippen MR) is 76.8 cm³/mol. The van der Waals surface area contributed by atoms with Gasteiger partial charge in [-0.05, 0) is 30.0 Å². The molecule has 3 rings (SSSR count). The zero-order valence-electron chi connectivity index (χ0n) is 11.1. The van der Waals surface area contributed by atoms with Crippen molar-refractivity contribution in [3.8, 4) is 0 Å². The molecule has 0 bridgehead atoms. The van der Waals surface area contributed by atoms with Gasteiger partial charge in [0.2, 0.25) is 0 Å². The van der Waals surface area contributed by atoms with Crippen LogP contribution in [-0.2, 0) is 19.6 Å². The molecule has 98 valence electrons. The minimum atomic E-state index is 0.574. The Morgan fingerprint density at radius 2 is 2.05 bits per heavy atom. The normalized spacial score (nSPS) is 11.3. The first-order valence-electron chi connectivity index (χ1n) is 6.59. The molecule has 0 saturated carbocycles. The van der Waals surface area contributed by atoms with E-state index in [0.29, 0.717) is 6.54 Å². The largest absolute Gasteiger partial charge is 0.340 e. The minimum Gasteiger partial charge on any atom is -0.340 e. The molecular formula is C15H18N4. The van der Waals surface area contributed by atoms with Crippen molar-refractivity contribution in [1.82, 2.24) is 14.1 Å². The van der Waals surface area contributed by atoms with E-state index >= 15 is 0 Å². The number of aryl methyl sites for hydroxylation is 1. The highest BCUT2D eigenvalue weighted by Crippen LogP contribution is 2.18. The number of nitrogens with zero attached hydrogens (tertiary/aromatic N) is 3. The van der Waals surface area contributed by atoms with Gasteiger partial charge in [-0.2, -0.15) is 0 Å². The summed E-state index contributed by atoms with van der Waals surface area (Å²) < 4.78 is 4.39. The third kappa shape index (κ3) is 2.15. The first kappa shape index (κ1) is 12.0. The Morgan fingerprint density at radius 1 is 1.16 bits per heavy atom. The number of imidazole rings is 1. The van der Waals surface area contributed by atoms with E-state index in [9.17, 15) is 0 Å². The van der Waals surface area contributed by atoms with Gasteiger partial charge in [-0.25, -0.2) is 4.98 Å². The summed E-state index contributed by atoms with van der Waals surface area (Å²) in [6.45, 7) is 4.44. The van der Waals surface area contributed by atoms with Crippen molar-refractivity contribution >= 4 is 10.9 Å². The van der Waals surface area contributed by atoms with E-state index in [2.05, 4.69) is 51.5 Å². The van der Waals surface area contributed by atoms with Crippen molar-refractivity contribution in [3.05, 3.63) is 54.2 Å². The topological polar surface area (TPSA) is 48.8 Å². The fourth-order valence-electron chi connectivity index (χ4n) is 2.43. The van der Waals surface area contributed by atoms with Gasteiger partial charge in [-0.15, -0.1) is 0 Å². The highest BCUT2D eigenvalue weighted by molar-refractivity contribution is 5.80. The van der Waals surface area contributed by atoms with Gasteiger partial charge in [0.25, 0.3) is 0 Å². The molecule has 1 aromatic carbocycles. The van der Waals surface area contributed by atoms with E-state index in [0.717, 1.165) is 24.5 Å². The molecule has 0 aliphatic heterocycles. The van der Waals surface area contributed by atoms with Crippen LogP contribution >= 0.6 is 0 Å². The molecule has 19 heavy (non-hydrogen) atoms. The Balaban J connectivity index is 2.01. The lowest BCUT2D eigenvalue weighted by atomic mass is 10.1. The molecule has 0 spiro atoms. The zero-order chi connectivity index (χ0) is 13.2. The second-order valence-electron chi connectivity index (χ2n) is 4.67. The highest BCUT2D eigenvalue weighted by Gasteiger charge is 2.06. The summed E-state index contributed by atoms with van der Waals surface area (Å²) >= 11 is 0. The molecule has 0 fully saturated rings. The average Bonchev–Trinajstić information content (AvgIpc) is 3.06. The first-order valence-corrected chi connectivity index (χ1v) is 6.59. The lowest BCUT2D eigenvalue weighted by Gasteiger charge is -2.08. The van der Waals surface area contributed by atoms with Crippen LogP contribution in [0.5, 0.6) is 0 Å². The van der Waals surface area contributed by atoms with Gasteiger partial charge in [0.1, 0.15) is 5.82 Å². The Kier molecular flexibility index (Phi) is 3.09. The number of hydrogen-bond acceptors (Lipinski definition) is 2. The molecule has 4 nitrogen and oxygen atoms in total. The van der Waals surface area contributed by atoms with Crippen LogP contribution in [0.25, 0.3) is 10.9 Å². The average molecular weight is 254 g/mol. The molecule has 0 saturated heterocycles. The maximum absolute atomic E-state index is 5.72. The van der Waals surface area contributed by atoms with Crippen molar-refractivity contribution in [2.24, 2.45) is 5.73 Å². The third-order valence-electron chi connectivity index (χ3n) is 3.53. The monoisotopic (exact) mass is 254 g/mol. The van der Waals surface area contributed by atoms with Crippen LogP contribution in [0.3, 0.4) is 0 Å². The summed E-state index contributed by atoms with van der Waals surface area (Å²) in [6.07, 6.45) is 5.99. The number of rotatable bonds is 4. The number of fused-ring (bicyclic) bond motifs is 1. The van der Waals surface area contributed by atoms with Crippen LogP contribution in [-0.4, -0.2) is 14.1 Å². The number of nitrogens with two attached hydrogens (primary N) is 1. The maximum Gasteiger partial charge on any atom is 0.128 e. The van der Waals surface area contributed by atoms with E-state index in [1.54, 1.807) is 0 Å². The van der Waals surface area contributed by atoms with Gasteiger partial charge in [-0.1, -0.05) is 12.1 Å². The van der Waals surface area contributed by atoms with Crippen LogP contribution in [0.1, 0.15) is 18.3 Å². The summed E-state index contributed by atoms with van der Waals surface area (Å²) in [5.74, 6) is 1.08. The van der Waals surface area contributed by atoms with Crippen molar-refractivity contribution in [3.63, 3.8) is 0 Å². The summed E-state index contributed by atoms with van der Waals surface area (Å²) in [5.41, 5.74) is 8.09. The second-order valence-corrected chi connectivity index (χ2v) is 4.67. The van der Waals surface area contributed by atoms with Gasteiger partial charge in [0, 0.05) is 37.2 Å². The molecule has 2 aromatic heterocycles. The van der Waals surface area contributed by atoms with Crippen molar-refractivity contribution in [2.45, 2.75) is 26.6 Å². The molecule has 2 N–H and O–H groups in total. The second kappa shape index (κ2) is 4.90. The fraction of sp³-hybridized carbons (Fsp3) is 0.267. The molecule has 0 aliphatic rings. The Labute approximate surface area is 112 Å². The lowest BCUT2D eigenvalue weighted by molar-refractivity contribution is 0.661. The van der Waals surface area contributed by atoms with Crippen LogP contribution < -0.4 is 5.73 Å². The highest BCUT2D eigenvalue weighted by atomic mass is 15.1. The van der Waals surface area contributed by atoms with Gasteiger partial charge in [-0.3, -0.25) is 0 Å². The van der Waals surface area contributed by atoms with Crippen LogP contribution in [0.2, 0.25) is 0 Å². The standard InChI is InChI=1S/C15H18N4/c1-2-18-8-6-17-15(18)11-19-7-5-13-4-3-12(10-16)9-14(13)19/h3-9H,2,10-11,16H2,1H3. The van der Waals surface area contributed by atoms with Crippen molar-refractivity contribution < 1.29 is 0 Å². The van der Waals surface area contributed by atoms with Gasteiger partial charge >= 0.3 is 0 Å². The van der Waals surface area contributed by atoms with Crippen LogP contribution in [0.4, 0.5) is 0 Å². The summed E-state index contributed by atoms with van der Waals surface area (Å²) in [6, 6.07) is 8.50. The first-order chi connectivity index (χ1) is 9.31. The molecule has 3 aromatic rings. The van der Waals surface area contributed by atoms with E-state index in [4.69, 9.17) is 5.73 Å². The number of benzene rings is 1. The van der Waals surface area contributed by atoms with E-state index in [-0.39, 0.29) is 0 Å². The van der Waals surface area contributed by atoms with Crippen LogP contribution in [0, 0.1) is 0 Å². The predicted octanol–water partition coefficient (Wildman–Crippen LogP) is 2.36. The third-order valence-corrected chi connectivity index (χ3v) is 3.53. The van der Waals surface area contributed by atoms with E-state index in [1.807, 2.05) is 12.4 Å². The molecule has 0 amide bonds. The quantitative estimate of drug-likeness (QED) is 0.777. The molecule has 2 heterocycles. The smallest absolute Gasteiger partial charge is 0.128 e. The van der Waals surface area contributed by atoms with Crippen LogP contribution in [0.15, 0.2) is 42.9 Å².